The summed E-state index contributed by atoms with van der Waals surface area (Å²) in [6.07, 6.45) is -0.866. The minimum atomic E-state index is -4.42. The quantitative estimate of drug-likeness (QED) is 0.200. The minimum Gasteiger partial charge on any atom is -0.343 e. The maximum absolute atomic E-state index is 13.4. The van der Waals surface area contributed by atoms with Crippen LogP contribution in [0.15, 0.2) is 79.0 Å². The summed E-state index contributed by atoms with van der Waals surface area (Å²) in [4.78, 5) is 0. The van der Waals surface area contributed by atoms with Gasteiger partial charge in [-0.05, 0) is 65.2 Å². The number of rotatable bonds is 4. The van der Waals surface area contributed by atoms with E-state index in [1.807, 2.05) is 41.1 Å². The van der Waals surface area contributed by atoms with Gasteiger partial charge < -0.3 is 4.57 Å². The Bertz CT molecular complexity index is 1310. The summed E-state index contributed by atoms with van der Waals surface area (Å²) < 4.78 is 53.7. The van der Waals surface area contributed by atoms with Crippen LogP contribution in [0.1, 0.15) is 22.3 Å². The minimum absolute atomic E-state index is 0.271. The van der Waals surface area contributed by atoms with Crippen LogP contribution in [-0.4, -0.2) is 4.57 Å². The molecule has 2 nitrogen and oxygen atoms in total. The van der Waals surface area contributed by atoms with Gasteiger partial charge in [-0.25, -0.2) is 4.39 Å². The molecular formula is C25H16F4N2. The number of hydrogen-bond donors (Lipinski definition) is 0. The highest BCUT2D eigenvalue weighted by atomic mass is 19.4. The predicted octanol–water partition coefficient (Wildman–Crippen LogP) is 6.91. The topological polar surface area (TPSA) is 28.7 Å². The number of fused-ring (bicyclic) bond motifs is 1. The molecule has 1 aromatic heterocycles. The Hall–Kier alpha value is -3.85. The predicted molar refractivity (Wildman–Crippen MR) is 112 cm³/mol. The van der Waals surface area contributed by atoms with Gasteiger partial charge in [0.15, 0.2) is 0 Å². The molecule has 0 N–H and O–H groups in total. The molecule has 3 aromatic carbocycles. The molecule has 154 valence electrons. The first-order chi connectivity index (χ1) is 14.8. The lowest BCUT2D eigenvalue weighted by molar-refractivity contribution is -0.137. The molecule has 0 saturated carbocycles. The van der Waals surface area contributed by atoms with Crippen molar-refractivity contribution in [2.75, 3.05) is 0 Å². The first-order valence-electron chi connectivity index (χ1n) is 9.46. The summed E-state index contributed by atoms with van der Waals surface area (Å²) in [5, 5.41) is 10.4. The first kappa shape index (κ1) is 20.4. The highest BCUT2D eigenvalue weighted by Gasteiger charge is 2.30. The van der Waals surface area contributed by atoms with Gasteiger partial charge in [-0.3, -0.25) is 0 Å². The second kappa shape index (κ2) is 8.11. The summed E-state index contributed by atoms with van der Waals surface area (Å²) >= 11 is 0. The zero-order chi connectivity index (χ0) is 22.0. The van der Waals surface area contributed by atoms with Gasteiger partial charge in [0, 0.05) is 23.6 Å². The van der Waals surface area contributed by atoms with Crippen molar-refractivity contribution in [3.05, 3.63) is 107 Å². The maximum atomic E-state index is 13.4. The summed E-state index contributed by atoms with van der Waals surface area (Å²) in [6.45, 7) is 0.519. The Balaban J connectivity index is 1.62. The molecule has 0 radical (unpaired) electrons. The largest absolute Gasteiger partial charge is 0.416 e. The molecule has 0 fully saturated rings. The highest BCUT2D eigenvalue weighted by molar-refractivity contribution is 5.92. The van der Waals surface area contributed by atoms with Crippen LogP contribution in [-0.2, 0) is 12.7 Å². The van der Waals surface area contributed by atoms with Crippen LogP contribution < -0.4 is 0 Å². The number of nitriles is 1. The van der Waals surface area contributed by atoms with Gasteiger partial charge in [0.2, 0.25) is 0 Å². The summed E-state index contributed by atoms with van der Waals surface area (Å²) in [7, 11) is 0. The van der Waals surface area contributed by atoms with Crippen molar-refractivity contribution in [3.63, 3.8) is 0 Å². The van der Waals surface area contributed by atoms with E-state index in [9.17, 15) is 22.8 Å². The van der Waals surface area contributed by atoms with Gasteiger partial charge in [0.1, 0.15) is 5.82 Å². The average molecular weight is 420 g/mol. The Labute approximate surface area is 176 Å². The molecule has 0 unspecified atom stereocenters. The molecular weight excluding hydrogens is 404 g/mol. The number of benzene rings is 3. The fourth-order valence-electron chi connectivity index (χ4n) is 3.46. The SMILES string of the molecule is N#C/C(=C\c1ccc2c(ccn2Cc2cccc(F)c2)c1)c1ccc(C(F)(F)F)cc1. The van der Waals surface area contributed by atoms with E-state index in [1.54, 1.807) is 12.1 Å². The van der Waals surface area contributed by atoms with E-state index in [1.165, 1.54) is 24.3 Å². The molecule has 4 rings (SSSR count). The van der Waals surface area contributed by atoms with E-state index in [0.717, 1.165) is 34.2 Å². The third kappa shape index (κ3) is 4.51. The molecule has 4 aromatic rings. The number of aromatic nitrogens is 1. The third-order valence-corrected chi connectivity index (χ3v) is 4.99. The summed E-state index contributed by atoms with van der Waals surface area (Å²) in [6, 6.07) is 20.6. The molecule has 0 bridgehead atoms. The van der Waals surface area contributed by atoms with Crippen molar-refractivity contribution in [3.8, 4) is 6.07 Å². The van der Waals surface area contributed by atoms with E-state index in [0.29, 0.717) is 12.1 Å². The lowest BCUT2D eigenvalue weighted by Gasteiger charge is -2.08. The molecule has 0 aliphatic rings. The van der Waals surface area contributed by atoms with Crippen LogP contribution in [0, 0.1) is 17.1 Å². The van der Waals surface area contributed by atoms with Crippen molar-refractivity contribution in [2.24, 2.45) is 0 Å². The number of nitrogens with zero attached hydrogens (tertiary/aromatic N) is 2. The van der Waals surface area contributed by atoms with Crippen molar-refractivity contribution >= 4 is 22.6 Å². The third-order valence-electron chi connectivity index (χ3n) is 4.99. The van der Waals surface area contributed by atoms with E-state index < -0.39 is 11.7 Å². The number of alkyl halides is 3. The normalized spacial score (nSPS) is 12.2. The van der Waals surface area contributed by atoms with Gasteiger partial charge in [0.25, 0.3) is 0 Å². The van der Waals surface area contributed by atoms with E-state index in [2.05, 4.69) is 6.07 Å². The van der Waals surface area contributed by atoms with E-state index in [-0.39, 0.29) is 11.4 Å². The van der Waals surface area contributed by atoms with Crippen LogP contribution in [0.2, 0.25) is 0 Å². The highest BCUT2D eigenvalue weighted by Crippen LogP contribution is 2.30. The second-order valence-corrected chi connectivity index (χ2v) is 7.14. The molecule has 0 aliphatic heterocycles. The molecule has 0 amide bonds. The number of hydrogen-bond acceptors (Lipinski definition) is 1. The van der Waals surface area contributed by atoms with E-state index >= 15 is 0 Å². The van der Waals surface area contributed by atoms with Gasteiger partial charge in [-0.1, -0.05) is 30.3 Å². The maximum Gasteiger partial charge on any atom is 0.416 e. The van der Waals surface area contributed by atoms with Crippen LogP contribution >= 0.6 is 0 Å². The number of halogens is 4. The Morgan fingerprint density at radius 3 is 2.42 bits per heavy atom. The number of allylic oxidation sites excluding steroid dienone is 1. The monoisotopic (exact) mass is 420 g/mol. The standard InChI is InChI=1S/C25H16F4N2/c26-23-3-1-2-18(14-23)16-31-11-10-20-12-17(4-9-24(20)31)13-21(15-30)19-5-7-22(8-6-19)25(27,28)29/h1-14H,16H2/b21-13+. The van der Waals surface area contributed by atoms with Crippen LogP contribution in [0.4, 0.5) is 17.6 Å². The lowest BCUT2D eigenvalue weighted by atomic mass is 10.0. The van der Waals surface area contributed by atoms with Gasteiger partial charge >= 0.3 is 6.18 Å². The zero-order valence-electron chi connectivity index (χ0n) is 16.2. The fraction of sp³-hybridized carbons (Fsp3) is 0.0800. The Morgan fingerprint density at radius 1 is 0.968 bits per heavy atom. The zero-order valence-corrected chi connectivity index (χ0v) is 16.2. The van der Waals surface area contributed by atoms with Crippen LogP contribution in [0.3, 0.4) is 0 Å². The van der Waals surface area contributed by atoms with Crippen LogP contribution in [0.25, 0.3) is 22.6 Å². The van der Waals surface area contributed by atoms with Crippen LogP contribution in [0.5, 0.6) is 0 Å². The van der Waals surface area contributed by atoms with Crippen molar-refractivity contribution in [1.29, 1.82) is 5.26 Å². The van der Waals surface area contributed by atoms with Gasteiger partial charge in [-0.15, -0.1) is 0 Å². The van der Waals surface area contributed by atoms with Crippen molar-refractivity contribution in [2.45, 2.75) is 12.7 Å². The molecule has 6 heteroatoms. The molecule has 1 heterocycles. The summed E-state index contributed by atoms with van der Waals surface area (Å²) in [5.41, 5.74) is 2.48. The molecule has 0 aliphatic carbocycles. The Kier molecular flexibility index (Phi) is 5.35. The average Bonchev–Trinajstić information content (AvgIpc) is 3.13. The summed E-state index contributed by atoms with van der Waals surface area (Å²) in [5.74, 6) is -0.284. The van der Waals surface area contributed by atoms with Gasteiger partial charge in [-0.2, -0.15) is 18.4 Å². The fourth-order valence-corrected chi connectivity index (χ4v) is 3.46. The Morgan fingerprint density at radius 2 is 1.74 bits per heavy atom. The first-order valence-corrected chi connectivity index (χ1v) is 9.46. The molecule has 0 saturated heterocycles. The van der Waals surface area contributed by atoms with Crippen molar-refractivity contribution < 1.29 is 17.6 Å². The molecule has 0 spiro atoms. The van der Waals surface area contributed by atoms with Gasteiger partial charge in [0.05, 0.1) is 17.2 Å². The molecule has 31 heavy (non-hydrogen) atoms. The lowest BCUT2D eigenvalue weighted by Crippen LogP contribution is -2.04. The second-order valence-electron chi connectivity index (χ2n) is 7.14. The smallest absolute Gasteiger partial charge is 0.343 e. The molecule has 0 atom stereocenters. The van der Waals surface area contributed by atoms with E-state index in [4.69, 9.17) is 0 Å². The van der Waals surface area contributed by atoms with Crippen molar-refractivity contribution in [1.82, 2.24) is 4.57 Å².